The van der Waals surface area contributed by atoms with Crippen LogP contribution in [0.25, 0.3) is 0 Å². The third-order valence-electron chi connectivity index (χ3n) is 5.23. The number of esters is 1. The summed E-state index contributed by atoms with van der Waals surface area (Å²) in [4.78, 5) is 11.1. The second-order valence-corrected chi connectivity index (χ2v) is 8.27. The topological polar surface area (TPSA) is 121 Å². The highest BCUT2D eigenvalue weighted by Crippen LogP contribution is 2.06. The number of carbonyl (C=O) groups excluding carboxylic acids is 1. The summed E-state index contributed by atoms with van der Waals surface area (Å²) in [5.74, 6) is -0.246. The lowest BCUT2D eigenvalue weighted by Gasteiger charge is -2.22. The minimum Gasteiger partial charge on any atom is -0.466 e. The number of carbonyl (C=O) groups is 1. The largest absolute Gasteiger partial charge is 0.466 e. The van der Waals surface area contributed by atoms with E-state index in [0.717, 1.165) is 25.9 Å². The summed E-state index contributed by atoms with van der Waals surface area (Å²) in [6.45, 7) is 12.9. The van der Waals surface area contributed by atoms with E-state index in [4.69, 9.17) is 47.4 Å². The molecular formula is C26H51NO11. The van der Waals surface area contributed by atoms with Crippen LogP contribution in [0, 0.1) is 0 Å². The lowest BCUT2D eigenvalue weighted by molar-refractivity contribution is -0.144. The number of piperidine rings is 1. The molecule has 0 spiro atoms. The molecule has 12 nitrogen and oxygen atoms in total. The van der Waals surface area contributed by atoms with E-state index in [-0.39, 0.29) is 12.4 Å². The van der Waals surface area contributed by atoms with Crippen LogP contribution in [0.15, 0.2) is 0 Å². The van der Waals surface area contributed by atoms with Crippen LogP contribution in [0.2, 0.25) is 0 Å². The first-order chi connectivity index (χ1) is 18.8. The van der Waals surface area contributed by atoms with Crippen molar-refractivity contribution in [3.05, 3.63) is 0 Å². The smallest absolute Gasteiger partial charge is 0.308 e. The molecule has 0 saturated carbocycles. The molecule has 0 amide bonds. The molecule has 0 unspecified atom stereocenters. The standard InChI is InChI=1S/C26H51NO11/c1-2-37-26(28)5-8-29-9-10-30-11-12-31-13-14-32-15-16-33-17-18-34-19-20-35-21-22-36-23-24-38-25-3-6-27-7-4-25/h25,27H,2-24H2,1H3. The fourth-order valence-corrected chi connectivity index (χ4v) is 3.27. The maximum Gasteiger partial charge on any atom is 0.308 e. The van der Waals surface area contributed by atoms with Crippen LogP contribution in [0.3, 0.4) is 0 Å². The zero-order valence-electron chi connectivity index (χ0n) is 23.3. The molecule has 0 atom stereocenters. The first-order valence-corrected chi connectivity index (χ1v) is 13.9. The van der Waals surface area contributed by atoms with Gasteiger partial charge in [-0.15, -0.1) is 0 Å². The van der Waals surface area contributed by atoms with E-state index < -0.39 is 0 Å². The monoisotopic (exact) mass is 553 g/mol. The van der Waals surface area contributed by atoms with Crippen molar-refractivity contribution < 1.29 is 52.2 Å². The van der Waals surface area contributed by atoms with Crippen molar-refractivity contribution in [2.24, 2.45) is 0 Å². The van der Waals surface area contributed by atoms with Crippen molar-refractivity contribution >= 4 is 5.97 Å². The predicted octanol–water partition coefficient (Wildman–Crippen LogP) is 0.841. The van der Waals surface area contributed by atoms with E-state index in [0.29, 0.717) is 125 Å². The van der Waals surface area contributed by atoms with Gasteiger partial charge in [0.2, 0.25) is 0 Å². The number of ether oxygens (including phenoxy) is 10. The molecule has 1 rings (SSSR count). The van der Waals surface area contributed by atoms with Gasteiger partial charge in [-0.1, -0.05) is 0 Å². The van der Waals surface area contributed by atoms with Gasteiger partial charge in [-0.25, -0.2) is 0 Å². The van der Waals surface area contributed by atoms with E-state index in [1.165, 1.54) is 0 Å². The Bertz CT molecular complexity index is 496. The molecule has 0 aromatic rings. The molecular weight excluding hydrogens is 502 g/mol. The fraction of sp³-hybridized carbons (Fsp3) is 0.962. The van der Waals surface area contributed by atoms with Gasteiger partial charge in [0.1, 0.15) is 0 Å². The zero-order valence-corrected chi connectivity index (χ0v) is 23.3. The first kappa shape index (κ1) is 35.1. The molecule has 38 heavy (non-hydrogen) atoms. The van der Waals surface area contributed by atoms with Gasteiger partial charge in [0.15, 0.2) is 0 Å². The van der Waals surface area contributed by atoms with Gasteiger partial charge in [-0.05, 0) is 32.9 Å². The minimum absolute atomic E-state index is 0.246. The second kappa shape index (κ2) is 29.1. The third kappa shape index (κ3) is 25.4. The number of hydrogen-bond acceptors (Lipinski definition) is 12. The van der Waals surface area contributed by atoms with Gasteiger partial charge in [0.05, 0.1) is 131 Å². The van der Waals surface area contributed by atoms with Gasteiger partial charge in [-0.3, -0.25) is 4.79 Å². The molecule has 0 radical (unpaired) electrons. The van der Waals surface area contributed by atoms with Crippen LogP contribution in [0.4, 0.5) is 0 Å². The Labute approximate surface area is 228 Å². The van der Waals surface area contributed by atoms with Gasteiger partial charge >= 0.3 is 5.97 Å². The molecule has 1 heterocycles. The average molecular weight is 554 g/mol. The summed E-state index contributed by atoms with van der Waals surface area (Å²) < 4.78 is 54.1. The normalized spacial score (nSPS) is 14.2. The number of nitrogens with one attached hydrogen (secondary N) is 1. The van der Waals surface area contributed by atoms with Crippen LogP contribution in [0.1, 0.15) is 26.2 Å². The Kier molecular flexibility index (Phi) is 26.8. The summed E-state index contributed by atoms with van der Waals surface area (Å²) in [5.41, 5.74) is 0. The van der Waals surface area contributed by atoms with Crippen LogP contribution in [0.5, 0.6) is 0 Å². The van der Waals surface area contributed by atoms with Gasteiger partial charge < -0.3 is 52.7 Å². The molecule has 0 bridgehead atoms. The van der Waals surface area contributed by atoms with Crippen molar-refractivity contribution in [3.63, 3.8) is 0 Å². The van der Waals surface area contributed by atoms with Crippen molar-refractivity contribution in [1.29, 1.82) is 0 Å². The van der Waals surface area contributed by atoms with Crippen molar-refractivity contribution in [2.75, 3.05) is 132 Å². The summed E-state index contributed by atoms with van der Waals surface area (Å²) in [5, 5.41) is 3.32. The molecule has 0 aliphatic carbocycles. The molecule has 12 heteroatoms. The Morgan fingerprint density at radius 1 is 0.553 bits per heavy atom. The molecule has 1 N–H and O–H groups in total. The van der Waals surface area contributed by atoms with Gasteiger partial charge in [-0.2, -0.15) is 0 Å². The highest BCUT2D eigenvalue weighted by Gasteiger charge is 2.12. The average Bonchev–Trinajstić information content (AvgIpc) is 2.93. The van der Waals surface area contributed by atoms with Crippen molar-refractivity contribution in [2.45, 2.75) is 32.3 Å². The fourth-order valence-electron chi connectivity index (χ4n) is 3.27. The van der Waals surface area contributed by atoms with Crippen LogP contribution in [-0.4, -0.2) is 144 Å². The van der Waals surface area contributed by atoms with Gasteiger partial charge in [0.25, 0.3) is 0 Å². The molecule has 0 aromatic carbocycles. The van der Waals surface area contributed by atoms with Crippen LogP contribution < -0.4 is 5.32 Å². The maximum atomic E-state index is 11.1. The molecule has 226 valence electrons. The SMILES string of the molecule is CCOC(=O)CCOCCOCCOCCOCCOCCOCCOCCOCCOC1CCNCC1. The third-order valence-corrected chi connectivity index (χ3v) is 5.23. The van der Waals surface area contributed by atoms with E-state index in [1.54, 1.807) is 6.92 Å². The number of hydrogen-bond donors (Lipinski definition) is 1. The van der Waals surface area contributed by atoms with E-state index in [2.05, 4.69) is 5.32 Å². The first-order valence-electron chi connectivity index (χ1n) is 13.9. The highest BCUT2D eigenvalue weighted by molar-refractivity contribution is 5.69. The number of rotatable bonds is 29. The lowest BCUT2D eigenvalue weighted by Crippen LogP contribution is -2.33. The summed E-state index contributed by atoms with van der Waals surface area (Å²) in [7, 11) is 0. The van der Waals surface area contributed by atoms with Crippen molar-refractivity contribution in [1.82, 2.24) is 5.32 Å². The van der Waals surface area contributed by atoms with E-state index in [1.807, 2.05) is 0 Å². The Morgan fingerprint density at radius 2 is 0.895 bits per heavy atom. The van der Waals surface area contributed by atoms with E-state index in [9.17, 15) is 4.79 Å². The maximum absolute atomic E-state index is 11.1. The predicted molar refractivity (Wildman–Crippen MR) is 140 cm³/mol. The Morgan fingerprint density at radius 3 is 1.26 bits per heavy atom. The minimum atomic E-state index is -0.246. The Balaban J connectivity index is 1.62. The van der Waals surface area contributed by atoms with Crippen LogP contribution >= 0.6 is 0 Å². The Hall–Kier alpha value is -0.930. The zero-order chi connectivity index (χ0) is 27.2. The highest BCUT2D eigenvalue weighted by atomic mass is 16.6. The molecule has 1 saturated heterocycles. The molecule has 1 fully saturated rings. The van der Waals surface area contributed by atoms with E-state index >= 15 is 0 Å². The molecule has 0 aromatic heterocycles. The second-order valence-electron chi connectivity index (χ2n) is 8.27. The lowest BCUT2D eigenvalue weighted by atomic mass is 10.1. The van der Waals surface area contributed by atoms with Crippen LogP contribution in [-0.2, 0) is 52.2 Å². The van der Waals surface area contributed by atoms with Gasteiger partial charge in [0, 0.05) is 0 Å². The summed E-state index contributed by atoms with van der Waals surface area (Å²) >= 11 is 0. The molecule has 1 aliphatic heterocycles. The summed E-state index contributed by atoms with van der Waals surface area (Å²) in [6.07, 6.45) is 2.79. The quantitative estimate of drug-likeness (QED) is 0.104. The summed E-state index contributed by atoms with van der Waals surface area (Å²) in [6, 6.07) is 0. The van der Waals surface area contributed by atoms with Crippen molar-refractivity contribution in [3.8, 4) is 0 Å². The molecule has 1 aliphatic rings.